The van der Waals surface area contributed by atoms with E-state index < -0.39 is 8.80 Å². The third-order valence-corrected chi connectivity index (χ3v) is 9.56. The van der Waals surface area contributed by atoms with Crippen molar-refractivity contribution in [2.24, 2.45) is 5.92 Å². The molecule has 0 amide bonds. The maximum atomic E-state index is 13.0. The highest BCUT2D eigenvalue weighted by Crippen LogP contribution is 2.31. The van der Waals surface area contributed by atoms with Crippen molar-refractivity contribution in [1.29, 1.82) is 0 Å². The van der Waals surface area contributed by atoms with E-state index >= 15 is 0 Å². The van der Waals surface area contributed by atoms with Crippen LogP contribution in [-0.2, 0) is 6.42 Å². The molecule has 2 heteroatoms. The zero-order chi connectivity index (χ0) is 18.2. The van der Waals surface area contributed by atoms with Gasteiger partial charge in [0, 0.05) is 8.80 Å². The third kappa shape index (κ3) is 5.80. The van der Waals surface area contributed by atoms with E-state index in [1.807, 2.05) is 12.1 Å². The van der Waals surface area contributed by atoms with Crippen LogP contribution in [0.2, 0.25) is 18.1 Å². The molecule has 0 aliphatic carbocycles. The zero-order valence-corrected chi connectivity index (χ0v) is 17.4. The third-order valence-electron chi connectivity index (χ3n) is 6.16. The predicted octanol–water partition coefficient (Wildman–Crippen LogP) is 7.25. The minimum atomic E-state index is -0.495. The summed E-state index contributed by atoms with van der Waals surface area (Å²) >= 11 is 0. The number of rotatable bonds is 8. The number of hydrogen-bond donors (Lipinski definition) is 0. The highest BCUT2D eigenvalue weighted by atomic mass is 28.3. The van der Waals surface area contributed by atoms with Gasteiger partial charge in [-0.2, -0.15) is 0 Å². The summed E-state index contributed by atoms with van der Waals surface area (Å²) in [7, 11) is -0.495. The van der Waals surface area contributed by atoms with Gasteiger partial charge in [-0.1, -0.05) is 100.0 Å². The van der Waals surface area contributed by atoms with Gasteiger partial charge in [-0.3, -0.25) is 0 Å². The zero-order valence-electron chi connectivity index (χ0n) is 16.2. The van der Waals surface area contributed by atoms with Crippen LogP contribution in [0.25, 0.3) is 11.1 Å². The van der Waals surface area contributed by atoms with E-state index in [0.717, 1.165) is 11.5 Å². The molecule has 0 aromatic heterocycles. The molecule has 2 aromatic carbocycles. The molecular formula is C24H33FSi. The minimum Gasteiger partial charge on any atom is -0.207 e. The summed E-state index contributed by atoms with van der Waals surface area (Å²) in [6.07, 6.45) is 10.00. The molecule has 1 fully saturated rings. The normalized spacial score (nSPS) is 20.2. The lowest BCUT2D eigenvalue weighted by Crippen LogP contribution is -2.21. The molecule has 0 bridgehead atoms. The van der Waals surface area contributed by atoms with Gasteiger partial charge in [-0.25, -0.2) is 4.39 Å². The van der Waals surface area contributed by atoms with Crippen LogP contribution in [0.3, 0.4) is 0 Å². The Balaban J connectivity index is 1.42. The Hall–Kier alpha value is -1.41. The summed E-state index contributed by atoms with van der Waals surface area (Å²) in [4.78, 5) is 0. The Morgan fingerprint density at radius 3 is 2.12 bits per heavy atom. The van der Waals surface area contributed by atoms with Crippen molar-refractivity contribution in [3.05, 3.63) is 59.9 Å². The Morgan fingerprint density at radius 2 is 1.50 bits per heavy atom. The smallest absolute Gasteiger partial charge is 0.123 e. The maximum absolute atomic E-state index is 13.0. The Kier molecular flexibility index (Phi) is 7.49. The predicted molar refractivity (Wildman–Crippen MR) is 114 cm³/mol. The van der Waals surface area contributed by atoms with Crippen LogP contribution < -0.4 is 0 Å². The van der Waals surface area contributed by atoms with E-state index in [1.165, 1.54) is 74.2 Å². The molecule has 0 radical (unpaired) electrons. The van der Waals surface area contributed by atoms with Crippen LogP contribution in [-0.4, -0.2) is 8.80 Å². The Bertz CT molecular complexity index is 639. The molecule has 0 atom stereocenters. The van der Waals surface area contributed by atoms with Crippen molar-refractivity contribution < 1.29 is 4.39 Å². The van der Waals surface area contributed by atoms with E-state index in [-0.39, 0.29) is 5.82 Å². The molecule has 1 saturated heterocycles. The molecule has 1 aliphatic heterocycles. The van der Waals surface area contributed by atoms with Crippen LogP contribution >= 0.6 is 0 Å². The lowest BCUT2D eigenvalue weighted by atomic mass is 9.96. The van der Waals surface area contributed by atoms with Crippen molar-refractivity contribution in [3.8, 4) is 11.1 Å². The summed E-state index contributed by atoms with van der Waals surface area (Å²) in [5, 5.41) is 0. The van der Waals surface area contributed by atoms with Crippen LogP contribution in [0.1, 0.15) is 51.0 Å². The fourth-order valence-electron chi connectivity index (χ4n) is 4.37. The lowest BCUT2D eigenvalue weighted by Gasteiger charge is -2.27. The average molecular weight is 369 g/mol. The second-order valence-corrected chi connectivity index (χ2v) is 11.6. The molecule has 3 rings (SSSR count). The van der Waals surface area contributed by atoms with Gasteiger partial charge in [0.2, 0.25) is 0 Å². The highest BCUT2D eigenvalue weighted by Gasteiger charge is 2.21. The first-order chi connectivity index (χ1) is 12.7. The van der Waals surface area contributed by atoms with E-state index in [1.54, 1.807) is 12.1 Å². The second-order valence-electron chi connectivity index (χ2n) is 8.13. The van der Waals surface area contributed by atoms with Gasteiger partial charge in [0.25, 0.3) is 0 Å². The van der Waals surface area contributed by atoms with Crippen LogP contribution in [0.5, 0.6) is 0 Å². The molecule has 0 N–H and O–H groups in total. The molecule has 1 aliphatic rings. The van der Waals surface area contributed by atoms with Gasteiger partial charge in [0.15, 0.2) is 0 Å². The Morgan fingerprint density at radius 1 is 0.885 bits per heavy atom. The van der Waals surface area contributed by atoms with Crippen molar-refractivity contribution in [2.45, 2.75) is 70.0 Å². The fourth-order valence-corrected chi connectivity index (χ4v) is 7.86. The Labute approximate surface area is 160 Å². The largest absolute Gasteiger partial charge is 0.207 e. The molecule has 140 valence electrons. The number of benzene rings is 2. The minimum absolute atomic E-state index is 0.171. The van der Waals surface area contributed by atoms with E-state index in [4.69, 9.17) is 0 Å². The molecule has 26 heavy (non-hydrogen) atoms. The second kappa shape index (κ2) is 10.1. The number of halogens is 1. The number of unbranched alkanes of at least 4 members (excludes halogenated alkanes) is 2. The first kappa shape index (κ1) is 19.4. The van der Waals surface area contributed by atoms with Gasteiger partial charge in [-0.15, -0.1) is 0 Å². The van der Waals surface area contributed by atoms with Crippen molar-refractivity contribution in [2.75, 3.05) is 0 Å². The van der Waals surface area contributed by atoms with E-state index in [2.05, 4.69) is 31.2 Å². The van der Waals surface area contributed by atoms with Gasteiger partial charge in [-0.05, 0) is 41.2 Å². The van der Waals surface area contributed by atoms with Gasteiger partial charge in [0.1, 0.15) is 5.82 Å². The quantitative estimate of drug-likeness (QED) is 0.340. The summed E-state index contributed by atoms with van der Waals surface area (Å²) in [5.41, 5.74) is 3.74. The molecule has 1 heterocycles. The van der Waals surface area contributed by atoms with Gasteiger partial charge >= 0.3 is 0 Å². The van der Waals surface area contributed by atoms with E-state index in [9.17, 15) is 4.39 Å². The maximum Gasteiger partial charge on any atom is 0.123 e. The molecule has 0 nitrogen and oxygen atoms in total. The molecule has 2 aromatic rings. The fraction of sp³-hybridized carbons (Fsp3) is 0.500. The topological polar surface area (TPSA) is 0 Å². The molecule has 0 spiro atoms. The SMILES string of the molecule is CCCCCC1CC[SiH](CCc2ccc(-c3ccc(F)cc3)cc2)CC1. The van der Waals surface area contributed by atoms with Gasteiger partial charge < -0.3 is 0 Å². The number of hydrogen-bond acceptors (Lipinski definition) is 0. The van der Waals surface area contributed by atoms with Gasteiger partial charge in [0.05, 0.1) is 0 Å². The summed E-state index contributed by atoms with van der Waals surface area (Å²) in [6.45, 7) is 2.30. The van der Waals surface area contributed by atoms with E-state index in [0.29, 0.717) is 0 Å². The molecule has 0 saturated carbocycles. The monoisotopic (exact) mass is 368 g/mol. The standard InChI is InChI=1S/C24H33FSi/c1-2-3-4-5-20-14-17-26(18-15-20)19-16-21-6-8-22(9-7-21)23-10-12-24(25)13-11-23/h6-13,20,26H,2-5,14-19H2,1H3. The molecular weight excluding hydrogens is 335 g/mol. The first-order valence-electron chi connectivity index (χ1n) is 10.6. The first-order valence-corrected chi connectivity index (χ1v) is 13.0. The summed E-state index contributed by atoms with van der Waals surface area (Å²) in [6, 6.07) is 20.3. The average Bonchev–Trinajstić information content (AvgIpc) is 2.69. The number of aryl methyl sites for hydroxylation is 1. The molecule has 0 unspecified atom stereocenters. The summed E-state index contributed by atoms with van der Waals surface area (Å²) in [5.74, 6) is 0.871. The lowest BCUT2D eigenvalue weighted by molar-refractivity contribution is 0.416. The highest BCUT2D eigenvalue weighted by molar-refractivity contribution is 6.59. The van der Waals surface area contributed by atoms with Crippen molar-refractivity contribution >= 4 is 8.80 Å². The van der Waals surface area contributed by atoms with Crippen molar-refractivity contribution in [1.82, 2.24) is 0 Å². The van der Waals surface area contributed by atoms with Crippen molar-refractivity contribution in [3.63, 3.8) is 0 Å². The van der Waals surface area contributed by atoms with Crippen LogP contribution in [0, 0.1) is 11.7 Å². The summed E-state index contributed by atoms with van der Waals surface area (Å²) < 4.78 is 13.0. The van der Waals surface area contributed by atoms with Crippen LogP contribution in [0.15, 0.2) is 48.5 Å². The van der Waals surface area contributed by atoms with Crippen LogP contribution in [0.4, 0.5) is 4.39 Å².